The van der Waals surface area contributed by atoms with Crippen molar-refractivity contribution in [3.05, 3.63) is 17.3 Å². The minimum Gasteiger partial charge on any atom is -0.488 e. The third-order valence-electron chi connectivity index (χ3n) is 3.82. The molecule has 7 nitrogen and oxygen atoms in total. The molecule has 1 atom stereocenters. The van der Waals surface area contributed by atoms with Crippen LogP contribution in [0.1, 0.15) is 9.67 Å². The molecule has 0 saturated heterocycles. The van der Waals surface area contributed by atoms with E-state index in [-0.39, 0.29) is 18.6 Å². The molecule has 3 N–H and O–H groups in total. The van der Waals surface area contributed by atoms with Gasteiger partial charge in [0.15, 0.2) is 5.75 Å². The van der Waals surface area contributed by atoms with Gasteiger partial charge >= 0.3 is 0 Å². The van der Waals surface area contributed by atoms with Crippen molar-refractivity contribution >= 4 is 22.9 Å². The molecule has 2 aliphatic rings. The zero-order valence-electron chi connectivity index (χ0n) is 11.1. The molecule has 8 heteroatoms. The van der Waals surface area contributed by atoms with Crippen LogP contribution >= 0.6 is 11.3 Å². The normalized spacial score (nSPS) is 20.5. The molecule has 2 aromatic heterocycles. The van der Waals surface area contributed by atoms with Gasteiger partial charge in [-0.25, -0.2) is 0 Å². The lowest BCUT2D eigenvalue weighted by Gasteiger charge is -2.34. The first-order chi connectivity index (χ1) is 10.3. The number of ether oxygens (including phenoxy) is 1. The zero-order chi connectivity index (χ0) is 14.4. The standard InChI is InChI=1S/C13H14N4O3S/c18-6-8-5-14-13(19)12-9-10(20-2-1-17(8)9)11(21-12)7-3-15-16-4-7/h3-4,8,18H,1-2,5-6H2,(H,14,19)(H,15,16)/t8-/m1/s1. The fourth-order valence-corrected chi connectivity index (χ4v) is 3.96. The molecule has 4 heterocycles. The summed E-state index contributed by atoms with van der Waals surface area (Å²) >= 11 is 1.40. The number of aromatic amines is 1. The van der Waals surface area contributed by atoms with Crippen molar-refractivity contribution in [2.24, 2.45) is 0 Å². The van der Waals surface area contributed by atoms with E-state index in [0.29, 0.717) is 24.6 Å². The minimum absolute atomic E-state index is 0.00392. The summed E-state index contributed by atoms with van der Waals surface area (Å²) in [6.07, 6.45) is 3.50. The summed E-state index contributed by atoms with van der Waals surface area (Å²) in [6, 6.07) is -0.121. The fourth-order valence-electron chi connectivity index (χ4n) is 2.81. The average Bonchev–Trinajstić information content (AvgIpc) is 3.11. The molecule has 0 fully saturated rings. The molecule has 2 aliphatic heterocycles. The molecule has 0 spiro atoms. The smallest absolute Gasteiger partial charge is 0.263 e. The average molecular weight is 306 g/mol. The Labute approximate surface area is 124 Å². The number of carbonyl (C=O) groups excluding carboxylic acids is 1. The van der Waals surface area contributed by atoms with Crippen molar-refractivity contribution in [2.45, 2.75) is 6.04 Å². The van der Waals surface area contributed by atoms with E-state index in [4.69, 9.17) is 4.74 Å². The summed E-state index contributed by atoms with van der Waals surface area (Å²) in [5.74, 6) is 0.607. The number of hydrogen-bond donors (Lipinski definition) is 3. The molecule has 0 radical (unpaired) electrons. The number of aliphatic hydroxyl groups excluding tert-OH is 1. The number of hydrogen-bond acceptors (Lipinski definition) is 6. The molecular weight excluding hydrogens is 292 g/mol. The minimum atomic E-state index is -0.121. The Kier molecular flexibility index (Phi) is 2.86. The largest absolute Gasteiger partial charge is 0.488 e. The van der Waals surface area contributed by atoms with Gasteiger partial charge in [-0.2, -0.15) is 5.10 Å². The highest BCUT2D eigenvalue weighted by molar-refractivity contribution is 7.18. The molecule has 4 rings (SSSR count). The number of thiophene rings is 1. The van der Waals surface area contributed by atoms with E-state index in [2.05, 4.69) is 20.4 Å². The predicted octanol–water partition coefficient (Wildman–Crippen LogP) is 0.441. The number of anilines is 1. The van der Waals surface area contributed by atoms with E-state index >= 15 is 0 Å². The third-order valence-corrected chi connectivity index (χ3v) is 5.03. The molecule has 0 unspecified atom stereocenters. The zero-order valence-corrected chi connectivity index (χ0v) is 11.9. The lowest BCUT2D eigenvalue weighted by molar-refractivity contribution is 0.0956. The van der Waals surface area contributed by atoms with Gasteiger partial charge in [0.2, 0.25) is 0 Å². The topological polar surface area (TPSA) is 90.5 Å². The third kappa shape index (κ3) is 1.83. The van der Waals surface area contributed by atoms with E-state index < -0.39 is 0 Å². The van der Waals surface area contributed by atoms with Crippen molar-refractivity contribution < 1.29 is 14.6 Å². The van der Waals surface area contributed by atoms with E-state index in [1.807, 2.05) is 0 Å². The maximum absolute atomic E-state index is 12.3. The first-order valence-corrected chi connectivity index (χ1v) is 7.55. The second-order valence-electron chi connectivity index (χ2n) is 5.01. The van der Waals surface area contributed by atoms with Crippen LogP contribution in [0.5, 0.6) is 5.75 Å². The highest BCUT2D eigenvalue weighted by atomic mass is 32.1. The van der Waals surface area contributed by atoms with E-state index in [0.717, 1.165) is 21.9 Å². The van der Waals surface area contributed by atoms with Crippen LogP contribution in [0, 0.1) is 0 Å². The Hall–Kier alpha value is -2.06. The van der Waals surface area contributed by atoms with Crippen molar-refractivity contribution in [1.29, 1.82) is 0 Å². The Morgan fingerprint density at radius 1 is 1.52 bits per heavy atom. The maximum atomic E-state index is 12.3. The summed E-state index contributed by atoms with van der Waals surface area (Å²) < 4.78 is 5.83. The molecule has 0 bridgehead atoms. The summed E-state index contributed by atoms with van der Waals surface area (Å²) in [7, 11) is 0. The number of rotatable bonds is 2. The monoisotopic (exact) mass is 306 g/mol. The first-order valence-electron chi connectivity index (χ1n) is 6.74. The molecule has 2 aromatic rings. The van der Waals surface area contributed by atoms with Gasteiger partial charge in [-0.15, -0.1) is 11.3 Å². The quantitative estimate of drug-likeness (QED) is 0.749. The van der Waals surface area contributed by atoms with Crippen molar-refractivity contribution in [1.82, 2.24) is 15.5 Å². The van der Waals surface area contributed by atoms with Gasteiger partial charge in [-0.3, -0.25) is 9.89 Å². The van der Waals surface area contributed by atoms with E-state index in [1.165, 1.54) is 11.3 Å². The van der Waals surface area contributed by atoms with Gasteiger partial charge in [0, 0.05) is 18.3 Å². The van der Waals surface area contributed by atoms with Crippen LogP contribution in [0.3, 0.4) is 0 Å². The van der Waals surface area contributed by atoms with Crippen LogP contribution in [-0.2, 0) is 0 Å². The summed E-state index contributed by atoms with van der Waals surface area (Å²) in [4.78, 5) is 15.9. The van der Waals surface area contributed by atoms with Gasteiger partial charge < -0.3 is 20.1 Å². The maximum Gasteiger partial charge on any atom is 0.263 e. The summed E-state index contributed by atoms with van der Waals surface area (Å²) in [5, 5.41) is 19.2. The van der Waals surface area contributed by atoms with Gasteiger partial charge in [0.25, 0.3) is 5.91 Å². The number of nitrogens with zero attached hydrogens (tertiary/aromatic N) is 2. The fraction of sp³-hybridized carbons (Fsp3) is 0.385. The lowest BCUT2D eigenvalue weighted by atomic mass is 10.1. The van der Waals surface area contributed by atoms with Gasteiger partial charge in [0.1, 0.15) is 17.2 Å². The van der Waals surface area contributed by atoms with Gasteiger partial charge in [0.05, 0.1) is 30.3 Å². The Bertz CT molecular complexity index is 682. The van der Waals surface area contributed by atoms with Gasteiger partial charge in [-0.05, 0) is 0 Å². The molecule has 0 saturated carbocycles. The van der Waals surface area contributed by atoms with Crippen LogP contribution in [0.15, 0.2) is 12.4 Å². The number of carbonyl (C=O) groups is 1. The Morgan fingerprint density at radius 2 is 2.43 bits per heavy atom. The number of H-pyrrole nitrogens is 1. The molecule has 0 aromatic carbocycles. The molecule has 110 valence electrons. The SMILES string of the molecule is O=C1NC[C@H](CO)N2CCOc3c(-c4cn[nH]c4)sc1c32. The second kappa shape index (κ2) is 4.74. The first kappa shape index (κ1) is 12.7. The summed E-state index contributed by atoms with van der Waals surface area (Å²) in [6.45, 7) is 1.65. The van der Waals surface area contributed by atoms with Crippen LogP contribution < -0.4 is 15.0 Å². The predicted molar refractivity (Wildman–Crippen MR) is 77.9 cm³/mol. The molecule has 1 amide bonds. The summed E-state index contributed by atoms with van der Waals surface area (Å²) in [5.41, 5.74) is 1.70. The number of aromatic nitrogens is 2. The van der Waals surface area contributed by atoms with E-state index in [1.54, 1.807) is 12.4 Å². The number of aliphatic hydroxyl groups is 1. The highest BCUT2D eigenvalue weighted by Gasteiger charge is 2.37. The van der Waals surface area contributed by atoms with Crippen LogP contribution in [0.4, 0.5) is 5.69 Å². The van der Waals surface area contributed by atoms with Crippen LogP contribution in [0.2, 0.25) is 0 Å². The Balaban J connectivity index is 1.92. The van der Waals surface area contributed by atoms with Crippen LogP contribution in [-0.4, -0.2) is 53.6 Å². The van der Waals surface area contributed by atoms with Crippen LogP contribution in [0.25, 0.3) is 10.4 Å². The molecule has 0 aliphatic carbocycles. The number of nitrogens with one attached hydrogen (secondary N) is 2. The molecular formula is C13H14N4O3S. The van der Waals surface area contributed by atoms with Gasteiger partial charge in [-0.1, -0.05) is 0 Å². The van der Waals surface area contributed by atoms with Crippen molar-refractivity contribution in [2.75, 3.05) is 31.2 Å². The van der Waals surface area contributed by atoms with Crippen molar-refractivity contribution in [3.63, 3.8) is 0 Å². The lowest BCUT2D eigenvalue weighted by Crippen LogP contribution is -2.46. The number of amides is 1. The van der Waals surface area contributed by atoms with E-state index in [9.17, 15) is 9.90 Å². The molecule has 21 heavy (non-hydrogen) atoms. The second-order valence-corrected chi connectivity index (χ2v) is 6.03. The highest BCUT2D eigenvalue weighted by Crippen LogP contribution is 2.50. The Morgan fingerprint density at radius 3 is 3.19 bits per heavy atom. The van der Waals surface area contributed by atoms with Crippen molar-refractivity contribution in [3.8, 4) is 16.2 Å².